The standard InChI is InChI=1S/C38H68N7O17P3S/c1-5-6-7-8-9-10-11-12-13-14-15-16-17-18-29(47)66-22-21-40-28(46)19-20-41-36(50)33(49)37(2,3)24-59-65(56,57)62-64(54,55)58-23-27-31(61-63(51,52)53)32(48)38(4,60-27)45-26-44-30-34(39)42-25-43-35(30)45/h25-27,31-33,48-49H,5-24H2,1-4H3,(H,40,46)(H,41,50)(H,54,55)(H,56,57)(H2,39,42,43)(H2,51,52,53)/p-4. The van der Waals surface area contributed by atoms with E-state index in [1.165, 1.54) is 85.0 Å². The van der Waals surface area contributed by atoms with Gasteiger partial charge in [-0.3, -0.25) is 28.1 Å². The molecule has 28 heteroatoms. The van der Waals surface area contributed by atoms with Crippen molar-refractivity contribution in [3.05, 3.63) is 12.7 Å². The van der Waals surface area contributed by atoms with Crippen LogP contribution in [0.1, 0.15) is 124 Å². The molecule has 1 aliphatic heterocycles. The number of thioether (sulfide) groups is 1. The predicted molar refractivity (Wildman–Crippen MR) is 233 cm³/mol. The summed E-state index contributed by atoms with van der Waals surface area (Å²) in [7, 11) is -17.7. The number of hydrogen-bond acceptors (Lipinski definition) is 22. The van der Waals surface area contributed by atoms with E-state index in [-0.39, 0.29) is 41.6 Å². The Morgan fingerprint density at radius 3 is 2.11 bits per heavy atom. The average Bonchev–Trinajstić information content (AvgIpc) is 3.78. The molecule has 3 rings (SSSR count). The SMILES string of the molecule is CCCCCCCCCCCCCCCC(=O)SCCNC(=O)CCNC(=O)C(O)C(C)(C)COP(=O)([O-])OP(=O)([O-])OCC1OC(C)(n2cnc3c(N)ncnc32)C(O)C1OP(=O)([O-])[O-]. The normalized spacial score (nSPS) is 21.3. The molecule has 2 aromatic rings. The molecule has 2 amide bonds. The molecule has 1 aliphatic rings. The van der Waals surface area contributed by atoms with Crippen LogP contribution >= 0.6 is 35.2 Å². The number of nitrogens with two attached hydrogens (primary N) is 1. The zero-order valence-electron chi connectivity index (χ0n) is 37.7. The Bertz CT molecular complexity index is 2010. The summed E-state index contributed by atoms with van der Waals surface area (Å²) in [6, 6.07) is 0. The van der Waals surface area contributed by atoms with Crippen LogP contribution in [0.25, 0.3) is 11.2 Å². The lowest BCUT2D eigenvalue weighted by Gasteiger charge is -2.36. The number of carbonyl (C=O) groups excluding carboxylic acids is 3. The number of fused-ring (bicyclic) bond motifs is 1. The molecule has 1 fully saturated rings. The molecule has 7 unspecified atom stereocenters. The van der Waals surface area contributed by atoms with Gasteiger partial charge in [0.25, 0.3) is 15.6 Å². The molecule has 0 aliphatic carbocycles. The van der Waals surface area contributed by atoms with E-state index in [0.717, 1.165) is 48.2 Å². The molecule has 0 bridgehead atoms. The number of unbranched alkanes of at least 4 members (excludes halogenated alkanes) is 12. The van der Waals surface area contributed by atoms with Crippen LogP contribution in [0.3, 0.4) is 0 Å². The van der Waals surface area contributed by atoms with Gasteiger partial charge in [-0.05, 0) is 13.3 Å². The highest BCUT2D eigenvalue weighted by atomic mass is 32.2. The molecular formula is C38H64N7O17P3S-4. The van der Waals surface area contributed by atoms with Crippen molar-refractivity contribution in [2.24, 2.45) is 5.41 Å². The van der Waals surface area contributed by atoms with Crippen molar-refractivity contribution >= 4 is 69.1 Å². The second kappa shape index (κ2) is 27.1. The lowest BCUT2D eigenvalue weighted by atomic mass is 9.87. The van der Waals surface area contributed by atoms with Crippen LogP contribution in [0, 0.1) is 5.41 Å². The first kappa shape index (κ1) is 57.9. The number of phosphoric acid groups is 3. The summed E-state index contributed by atoms with van der Waals surface area (Å²) in [5.74, 6) is -1.14. The van der Waals surface area contributed by atoms with E-state index in [0.29, 0.717) is 12.2 Å². The van der Waals surface area contributed by atoms with Gasteiger partial charge in [-0.2, -0.15) is 0 Å². The number of nitrogens with zero attached hydrogens (tertiary/aromatic N) is 4. The number of nitrogen functional groups attached to an aromatic ring is 1. The second-order valence-electron chi connectivity index (χ2n) is 16.8. The topological polar surface area (TPSA) is 375 Å². The van der Waals surface area contributed by atoms with Crippen LogP contribution in [0.4, 0.5) is 5.82 Å². The number of aliphatic hydroxyl groups excluding tert-OH is 2. The maximum Gasteiger partial charge on any atom is 0.274 e. The fourth-order valence-electron chi connectivity index (χ4n) is 6.94. The van der Waals surface area contributed by atoms with Gasteiger partial charge in [0, 0.05) is 37.1 Å². The van der Waals surface area contributed by atoms with Gasteiger partial charge in [-0.1, -0.05) is 110 Å². The Balaban J connectivity index is 1.35. The number of aromatic nitrogens is 4. The van der Waals surface area contributed by atoms with Gasteiger partial charge < -0.3 is 69.0 Å². The zero-order valence-corrected chi connectivity index (χ0v) is 41.2. The second-order valence-corrected chi connectivity index (χ2v) is 22.0. The predicted octanol–water partition coefficient (Wildman–Crippen LogP) is 1.79. The number of rotatable bonds is 33. The summed E-state index contributed by atoms with van der Waals surface area (Å²) in [5.41, 5.74) is 2.05. The fraction of sp³-hybridized carbons (Fsp3) is 0.789. The molecular weight excluding hydrogens is 951 g/mol. The van der Waals surface area contributed by atoms with Crippen molar-refractivity contribution in [1.82, 2.24) is 30.2 Å². The van der Waals surface area contributed by atoms with Crippen LogP contribution in [0.2, 0.25) is 0 Å². The smallest absolute Gasteiger partial charge is 0.274 e. The quantitative estimate of drug-likeness (QED) is 0.0502. The minimum Gasteiger partial charge on any atom is -0.790 e. The first-order chi connectivity index (χ1) is 30.9. The Hall–Kier alpha value is -2.44. The maximum atomic E-state index is 12.6. The summed E-state index contributed by atoms with van der Waals surface area (Å²) in [6.45, 7) is 3.57. The minimum absolute atomic E-state index is 0.0297. The third-order valence-electron chi connectivity index (χ3n) is 10.7. The van der Waals surface area contributed by atoms with Gasteiger partial charge >= 0.3 is 0 Å². The van der Waals surface area contributed by atoms with Crippen molar-refractivity contribution in [3.8, 4) is 0 Å². The summed E-state index contributed by atoms with van der Waals surface area (Å²) >= 11 is 1.14. The first-order valence-electron chi connectivity index (χ1n) is 21.9. The van der Waals surface area contributed by atoms with Gasteiger partial charge in [0.05, 0.1) is 27.4 Å². The molecule has 0 radical (unpaired) electrons. The van der Waals surface area contributed by atoms with Gasteiger partial charge in [0.1, 0.15) is 36.3 Å². The average molecular weight is 1020 g/mol. The Morgan fingerprint density at radius 2 is 1.50 bits per heavy atom. The van der Waals surface area contributed by atoms with Crippen molar-refractivity contribution < 1.29 is 80.5 Å². The number of amides is 2. The first-order valence-corrected chi connectivity index (χ1v) is 27.3. The van der Waals surface area contributed by atoms with Crippen molar-refractivity contribution in [3.63, 3.8) is 0 Å². The monoisotopic (exact) mass is 1020 g/mol. The van der Waals surface area contributed by atoms with E-state index < -0.39 is 84.1 Å². The van der Waals surface area contributed by atoms with Gasteiger partial charge in [0.2, 0.25) is 11.8 Å². The van der Waals surface area contributed by atoms with E-state index in [9.17, 15) is 57.9 Å². The highest BCUT2D eigenvalue weighted by Gasteiger charge is 2.55. The Kier molecular flexibility index (Phi) is 23.8. The highest BCUT2D eigenvalue weighted by molar-refractivity contribution is 8.13. The summed E-state index contributed by atoms with van der Waals surface area (Å²) in [5, 5.41) is 26.7. The number of anilines is 1. The molecule has 6 N–H and O–H groups in total. The lowest BCUT2D eigenvalue weighted by molar-refractivity contribution is -0.347. The largest absolute Gasteiger partial charge is 0.790 e. The molecule has 1 saturated heterocycles. The summed E-state index contributed by atoms with van der Waals surface area (Å²) in [6.07, 6.45) is 10.3. The van der Waals surface area contributed by atoms with E-state index in [1.807, 2.05) is 0 Å². The molecule has 2 aromatic heterocycles. The molecule has 0 saturated carbocycles. The number of aliphatic hydroxyl groups is 2. The van der Waals surface area contributed by atoms with Crippen LogP contribution in [0.15, 0.2) is 12.7 Å². The lowest BCUT2D eigenvalue weighted by Crippen LogP contribution is -2.46. The molecule has 3 heterocycles. The molecule has 24 nitrogen and oxygen atoms in total. The van der Waals surface area contributed by atoms with Crippen LogP contribution in [0.5, 0.6) is 0 Å². The van der Waals surface area contributed by atoms with E-state index in [2.05, 4.69) is 50.4 Å². The summed E-state index contributed by atoms with van der Waals surface area (Å²) < 4.78 is 61.4. The molecule has 0 spiro atoms. The Morgan fingerprint density at radius 1 is 0.909 bits per heavy atom. The number of ether oxygens (including phenoxy) is 1. The number of nitrogens with one attached hydrogen (secondary N) is 2. The van der Waals surface area contributed by atoms with Gasteiger partial charge in [-0.25, -0.2) is 19.3 Å². The Labute approximate surface area is 388 Å². The molecule has 0 aromatic carbocycles. The van der Waals surface area contributed by atoms with E-state index >= 15 is 0 Å². The van der Waals surface area contributed by atoms with E-state index in [4.69, 9.17) is 10.5 Å². The van der Waals surface area contributed by atoms with Gasteiger partial charge in [0.15, 0.2) is 22.3 Å². The maximum absolute atomic E-state index is 12.6. The molecule has 66 heavy (non-hydrogen) atoms. The van der Waals surface area contributed by atoms with Crippen LogP contribution < -0.4 is 35.9 Å². The molecule has 378 valence electrons. The third-order valence-corrected chi connectivity index (χ3v) is 14.7. The van der Waals surface area contributed by atoms with Crippen molar-refractivity contribution in [1.29, 1.82) is 0 Å². The zero-order chi connectivity index (χ0) is 49.2. The fourth-order valence-corrected chi connectivity index (χ4v) is 10.4. The highest BCUT2D eigenvalue weighted by Crippen LogP contribution is 2.56. The minimum atomic E-state index is -5.94. The van der Waals surface area contributed by atoms with Crippen molar-refractivity contribution in [2.75, 3.05) is 37.8 Å². The number of imidazole rings is 1. The number of hydrogen-bond donors (Lipinski definition) is 5. The molecule has 7 atom stereocenters. The number of phosphoric ester groups is 3. The third kappa shape index (κ3) is 19.5. The van der Waals surface area contributed by atoms with E-state index in [1.54, 1.807) is 0 Å². The van der Waals surface area contributed by atoms with Crippen molar-refractivity contribution in [2.45, 2.75) is 154 Å². The van der Waals surface area contributed by atoms with Crippen LogP contribution in [-0.4, -0.2) is 103 Å². The summed E-state index contributed by atoms with van der Waals surface area (Å²) in [4.78, 5) is 97.2. The number of carbonyl (C=O) groups is 3. The van der Waals surface area contributed by atoms with Gasteiger partial charge in [-0.15, -0.1) is 0 Å². The van der Waals surface area contributed by atoms with Crippen LogP contribution in [-0.2, 0) is 56.4 Å².